The second kappa shape index (κ2) is 4.24. The van der Waals surface area contributed by atoms with Crippen molar-refractivity contribution in [3.8, 4) is 0 Å². The van der Waals surface area contributed by atoms with E-state index >= 15 is 0 Å². The van der Waals surface area contributed by atoms with Gasteiger partial charge < -0.3 is 0 Å². The van der Waals surface area contributed by atoms with E-state index in [1.807, 2.05) is 39.0 Å². The predicted molar refractivity (Wildman–Crippen MR) is 67.9 cm³/mol. The molecule has 1 aliphatic rings. The number of hydrogen-bond acceptors (Lipinski definition) is 3. The van der Waals surface area contributed by atoms with Crippen molar-refractivity contribution in [2.45, 2.75) is 27.2 Å². The van der Waals surface area contributed by atoms with Gasteiger partial charge >= 0.3 is 0 Å². The third kappa shape index (κ3) is 2.49. The van der Waals surface area contributed by atoms with E-state index < -0.39 is 0 Å². The number of nitrogens with zero attached hydrogens (tertiary/aromatic N) is 2. The number of carbonyl (C=O) groups excluding carboxylic acids is 1. The maximum Gasteiger partial charge on any atom is 0.166 e. The summed E-state index contributed by atoms with van der Waals surface area (Å²) in [5, 5.41) is 0. The van der Waals surface area contributed by atoms with Gasteiger partial charge in [0, 0.05) is 29.8 Å². The monoisotopic (exact) mass is 228 g/mol. The van der Waals surface area contributed by atoms with Crippen LogP contribution in [0.3, 0.4) is 0 Å². The van der Waals surface area contributed by atoms with Crippen LogP contribution in [0.25, 0.3) is 0 Å². The molecule has 3 heteroatoms. The summed E-state index contributed by atoms with van der Waals surface area (Å²) in [5.41, 5.74) is 2.15. The molecule has 2 heterocycles. The molecule has 0 atom stereocenters. The number of aliphatic imine (C=N–C) groups is 1. The zero-order valence-electron chi connectivity index (χ0n) is 10.4. The van der Waals surface area contributed by atoms with E-state index in [9.17, 15) is 4.79 Å². The molecule has 0 saturated carbocycles. The molecular weight excluding hydrogens is 212 g/mol. The number of hydrogen-bond donors (Lipinski definition) is 0. The average molecular weight is 228 g/mol. The first-order valence-corrected chi connectivity index (χ1v) is 5.70. The molecular formula is C14H16N2O. The Bertz CT molecular complexity index is 493. The summed E-state index contributed by atoms with van der Waals surface area (Å²) in [7, 11) is 0. The van der Waals surface area contributed by atoms with Gasteiger partial charge in [0.1, 0.15) is 0 Å². The van der Waals surface area contributed by atoms with Gasteiger partial charge in [0.15, 0.2) is 5.78 Å². The van der Waals surface area contributed by atoms with Crippen LogP contribution in [0.4, 0.5) is 0 Å². The maximum atomic E-state index is 12.1. The van der Waals surface area contributed by atoms with Crippen molar-refractivity contribution in [2.75, 3.05) is 0 Å². The van der Waals surface area contributed by atoms with E-state index in [-0.39, 0.29) is 11.2 Å². The molecule has 1 aliphatic heterocycles. The van der Waals surface area contributed by atoms with Crippen LogP contribution in [0.15, 0.2) is 41.2 Å². The van der Waals surface area contributed by atoms with E-state index in [1.54, 1.807) is 12.4 Å². The summed E-state index contributed by atoms with van der Waals surface area (Å²) in [6.45, 7) is 5.78. The normalized spacial score (nSPS) is 15.5. The van der Waals surface area contributed by atoms with Crippen LogP contribution in [0, 0.1) is 5.41 Å². The molecule has 0 radical (unpaired) electrons. The summed E-state index contributed by atoms with van der Waals surface area (Å²) >= 11 is 0. The Morgan fingerprint density at radius 2 is 2.06 bits per heavy atom. The van der Waals surface area contributed by atoms with E-state index in [0.717, 1.165) is 17.0 Å². The molecule has 0 spiro atoms. The maximum absolute atomic E-state index is 12.1. The minimum atomic E-state index is -0.346. The van der Waals surface area contributed by atoms with Crippen molar-refractivity contribution < 1.29 is 4.79 Å². The molecule has 0 fully saturated rings. The standard InChI is InChI=1S/C14H16N2O/c1-14(2,3)13(17)10-8-12(16-9-10)11-6-4-5-7-15-11/h4-7,9H,8H2,1-3H3. The number of ketones is 1. The lowest BCUT2D eigenvalue weighted by Gasteiger charge is -2.16. The third-order valence-corrected chi connectivity index (χ3v) is 2.67. The fourth-order valence-electron chi connectivity index (χ4n) is 1.74. The van der Waals surface area contributed by atoms with Gasteiger partial charge in [0.2, 0.25) is 0 Å². The van der Waals surface area contributed by atoms with Gasteiger partial charge in [-0.25, -0.2) is 0 Å². The van der Waals surface area contributed by atoms with Crippen molar-refractivity contribution >= 4 is 11.5 Å². The van der Waals surface area contributed by atoms with E-state index in [1.165, 1.54) is 0 Å². The summed E-state index contributed by atoms with van der Waals surface area (Å²) in [6, 6.07) is 5.71. The summed E-state index contributed by atoms with van der Waals surface area (Å²) < 4.78 is 0. The summed E-state index contributed by atoms with van der Waals surface area (Å²) in [5.74, 6) is 0.159. The van der Waals surface area contributed by atoms with Crippen LogP contribution < -0.4 is 0 Å². The fraction of sp³-hybridized carbons (Fsp3) is 0.357. The van der Waals surface area contributed by atoms with Crippen LogP contribution in [0.5, 0.6) is 0 Å². The zero-order chi connectivity index (χ0) is 12.5. The molecule has 1 aromatic heterocycles. The van der Waals surface area contributed by atoms with Crippen LogP contribution in [-0.2, 0) is 4.79 Å². The minimum absolute atomic E-state index is 0.159. The van der Waals surface area contributed by atoms with Crippen molar-refractivity contribution in [3.05, 3.63) is 41.9 Å². The second-order valence-corrected chi connectivity index (χ2v) is 5.20. The number of carbonyl (C=O) groups is 1. The lowest BCUT2D eigenvalue weighted by Crippen LogP contribution is -2.22. The topological polar surface area (TPSA) is 42.3 Å². The van der Waals surface area contributed by atoms with Gasteiger partial charge in [-0.3, -0.25) is 14.8 Å². The molecule has 0 N–H and O–H groups in total. The molecule has 88 valence electrons. The van der Waals surface area contributed by atoms with E-state index in [2.05, 4.69) is 9.98 Å². The molecule has 17 heavy (non-hydrogen) atoms. The first-order valence-electron chi connectivity index (χ1n) is 5.70. The summed E-state index contributed by atoms with van der Waals surface area (Å²) in [4.78, 5) is 20.6. The highest BCUT2D eigenvalue weighted by molar-refractivity contribution is 6.11. The van der Waals surface area contributed by atoms with E-state index in [4.69, 9.17) is 0 Å². The quantitative estimate of drug-likeness (QED) is 0.781. The van der Waals surface area contributed by atoms with Gasteiger partial charge in [0.25, 0.3) is 0 Å². The highest BCUT2D eigenvalue weighted by Gasteiger charge is 2.28. The molecule has 0 aromatic carbocycles. The Hall–Kier alpha value is -1.77. The minimum Gasteiger partial charge on any atom is -0.294 e. The number of Topliss-reactive ketones (excluding diaryl/α,β-unsaturated/α-hetero) is 1. The van der Waals surface area contributed by atoms with Crippen LogP contribution in [-0.4, -0.2) is 16.5 Å². The van der Waals surface area contributed by atoms with Crippen LogP contribution in [0.2, 0.25) is 0 Å². The molecule has 0 saturated heterocycles. The predicted octanol–water partition coefficient (Wildman–Crippen LogP) is 2.77. The zero-order valence-corrected chi connectivity index (χ0v) is 10.4. The summed E-state index contributed by atoms with van der Waals surface area (Å²) in [6.07, 6.45) is 4.01. The van der Waals surface area contributed by atoms with Gasteiger partial charge in [-0.05, 0) is 12.1 Å². The van der Waals surface area contributed by atoms with Gasteiger partial charge in [-0.1, -0.05) is 26.8 Å². The van der Waals surface area contributed by atoms with Crippen LogP contribution in [0.1, 0.15) is 32.9 Å². The van der Waals surface area contributed by atoms with E-state index in [0.29, 0.717) is 6.42 Å². The number of rotatable bonds is 2. The Morgan fingerprint density at radius 3 is 2.65 bits per heavy atom. The van der Waals surface area contributed by atoms with Crippen molar-refractivity contribution in [3.63, 3.8) is 0 Å². The van der Waals surface area contributed by atoms with Gasteiger partial charge in [-0.15, -0.1) is 0 Å². The Kier molecular flexibility index (Phi) is 2.92. The molecule has 0 aliphatic carbocycles. The molecule has 1 aromatic rings. The highest BCUT2D eigenvalue weighted by Crippen LogP contribution is 2.25. The number of pyridine rings is 1. The second-order valence-electron chi connectivity index (χ2n) is 5.20. The average Bonchev–Trinajstić information content (AvgIpc) is 2.77. The molecule has 3 nitrogen and oxygen atoms in total. The third-order valence-electron chi connectivity index (χ3n) is 2.67. The smallest absolute Gasteiger partial charge is 0.166 e. The number of allylic oxidation sites excluding steroid dienone is 1. The van der Waals surface area contributed by atoms with Crippen molar-refractivity contribution in [1.82, 2.24) is 4.98 Å². The van der Waals surface area contributed by atoms with Gasteiger partial charge in [-0.2, -0.15) is 0 Å². The molecule has 0 amide bonds. The Morgan fingerprint density at radius 1 is 1.29 bits per heavy atom. The first-order chi connectivity index (χ1) is 7.98. The Labute approximate surface area is 101 Å². The lowest BCUT2D eigenvalue weighted by atomic mass is 9.85. The largest absolute Gasteiger partial charge is 0.294 e. The lowest BCUT2D eigenvalue weighted by molar-refractivity contribution is -0.122. The first kappa shape index (κ1) is 11.7. The highest BCUT2D eigenvalue weighted by atomic mass is 16.1. The molecule has 2 rings (SSSR count). The molecule has 0 bridgehead atoms. The fourth-order valence-corrected chi connectivity index (χ4v) is 1.74. The SMILES string of the molecule is CC(C)(C)C(=O)C1=CN=C(c2ccccn2)C1. The van der Waals surface area contributed by atoms with Crippen LogP contribution >= 0.6 is 0 Å². The Balaban J connectivity index is 2.12. The van der Waals surface area contributed by atoms with Gasteiger partial charge in [0.05, 0.1) is 11.4 Å². The van der Waals surface area contributed by atoms with Crippen molar-refractivity contribution in [2.24, 2.45) is 10.4 Å². The van der Waals surface area contributed by atoms with Crippen molar-refractivity contribution in [1.29, 1.82) is 0 Å². The number of aromatic nitrogens is 1. The molecule has 0 unspecified atom stereocenters.